The zero-order valence-corrected chi connectivity index (χ0v) is 15.1. The van der Waals surface area contributed by atoms with Gasteiger partial charge in [0.05, 0.1) is 4.90 Å². The quantitative estimate of drug-likeness (QED) is 0.469. The maximum absolute atomic E-state index is 12.5. The van der Waals surface area contributed by atoms with Crippen LogP contribution in [0.3, 0.4) is 0 Å². The third-order valence-corrected chi connectivity index (χ3v) is 5.29. The van der Waals surface area contributed by atoms with Crippen molar-refractivity contribution in [2.45, 2.75) is 63.3 Å². The number of hydrogen-bond acceptors (Lipinski definition) is 2. The highest BCUT2D eigenvalue weighted by molar-refractivity contribution is 7.89. The Kier molecular flexibility index (Phi) is 8.89. The second-order valence-electron chi connectivity index (χ2n) is 5.88. The minimum absolute atomic E-state index is 0.0747. The minimum atomic E-state index is -3.47. The zero-order valence-electron chi connectivity index (χ0n) is 14.3. The SMILES string of the molecule is C=C/C=C/CC(CCCCCC)NS(=O)(=O)c1ccc(C)cc1. The van der Waals surface area contributed by atoms with Crippen LogP contribution in [0.25, 0.3) is 0 Å². The molecule has 0 amide bonds. The van der Waals surface area contributed by atoms with Gasteiger partial charge in [-0.1, -0.05) is 75.1 Å². The molecule has 0 spiro atoms. The van der Waals surface area contributed by atoms with Crippen LogP contribution in [-0.2, 0) is 10.0 Å². The molecule has 0 saturated heterocycles. The van der Waals surface area contributed by atoms with Crippen LogP contribution in [-0.4, -0.2) is 14.5 Å². The average Bonchev–Trinajstić information content (AvgIpc) is 2.51. The van der Waals surface area contributed by atoms with E-state index >= 15 is 0 Å². The van der Waals surface area contributed by atoms with Crippen LogP contribution < -0.4 is 4.72 Å². The molecule has 23 heavy (non-hydrogen) atoms. The lowest BCUT2D eigenvalue weighted by Crippen LogP contribution is -2.34. The topological polar surface area (TPSA) is 46.2 Å². The maximum Gasteiger partial charge on any atom is 0.240 e. The van der Waals surface area contributed by atoms with Crippen LogP contribution in [0.2, 0.25) is 0 Å². The van der Waals surface area contributed by atoms with Crippen LogP contribution in [0.4, 0.5) is 0 Å². The van der Waals surface area contributed by atoms with E-state index in [4.69, 9.17) is 0 Å². The van der Waals surface area contributed by atoms with Crippen molar-refractivity contribution in [3.8, 4) is 0 Å². The van der Waals surface area contributed by atoms with Crippen molar-refractivity contribution < 1.29 is 8.42 Å². The molecule has 1 rings (SSSR count). The lowest BCUT2D eigenvalue weighted by atomic mass is 10.1. The predicted molar refractivity (Wildman–Crippen MR) is 98.0 cm³/mol. The molecule has 0 saturated carbocycles. The molecule has 0 bridgehead atoms. The van der Waals surface area contributed by atoms with Gasteiger partial charge < -0.3 is 0 Å². The normalized spacial score (nSPS) is 13.3. The minimum Gasteiger partial charge on any atom is -0.208 e. The van der Waals surface area contributed by atoms with Crippen LogP contribution in [0.15, 0.2) is 54.0 Å². The molecule has 0 fully saturated rings. The van der Waals surface area contributed by atoms with Crippen LogP contribution in [0, 0.1) is 6.92 Å². The van der Waals surface area contributed by atoms with Gasteiger partial charge in [-0.15, -0.1) is 0 Å². The maximum atomic E-state index is 12.5. The molecule has 0 aliphatic rings. The molecule has 1 aromatic carbocycles. The summed E-state index contributed by atoms with van der Waals surface area (Å²) in [4.78, 5) is 0.328. The van der Waals surface area contributed by atoms with Crippen molar-refractivity contribution in [1.29, 1.82) is 0 Å². The van der Waals surface area contributed by atoms with E-state index in [1.54, 1.807) is 18.2 Å². The number of aryl methyl sites for hydroxylation is 1. The van der Waals surface area contributed by atoms with E-state index in [2.05, 4.69) is 18.2 Å². The van der Waals surface area contributed by atoms with Gasteiger partial charge in [0.15, 0.2) is 0 Å². The van der Waals surface area contributed by atoms with Gasteiger partial charge in [-0.25, -0.2) is 13.1 Å². The summed E-state index contributed by atoms with van der Waals surface area (Å²) < 4.78 is 27.9. The average molecular weight is 336 g/mol. The highest BCUT2D eigenvalue weighted by Gasteiger charge is 2.18. The predicted octanol–water partition coefficient (Wildman–Crippen LogP) is 4.74. The van der Waals surface area contributed by atoms with E-state index in [0.29, 0.717) is 11.3 Å². The Bertz CT molecular complexity index is 588. The molecule has 1 aromatic rings. The summed E-state index contributed by atoms with van der Waals surface area (Å²) >= 11 is 0. The number of sulfonamides is 1. The van der Waals surface area contributed by atoms with Crippen molar-refractivity contribution in [3.63, 3.8) is 0 Å². The van der Waals surface area contributed by atoms with Crippen molar-refractivity contribution in [3.05, 3.63) is 54.6 Å². The largest absolute Gasteiger partial charge is 0.240 e. The summed E-state index contributed by atoms with van der Waals surface area (Å²) in [6.07, 6.45) is 11.6. The molecule has 4 heteroatoms. The van der Waals surface area contributed by atoms with E-state index in [-0.39, 0.29) is 6.04 Å². The molecule has 3 nitrogen and oxygen atoms in total. The Morgan fingerprint density at radius 3 is 2.48 bits per heavy atom. The standard InChI is InChI=1S/C19H29NO2S/c1-4-6-8-10-12-18(11-9-7-5-2)20-23(21,22)19-15-13-17(3)14-16-19/h5,7,9,13-16,18,20H,2,4,6,8,10-12H2,1,3H3/b9-7+. The third kappa shape index (κ3) is 7.62. The van der Waals surface area contributed by atoms with E-state index in [1.165, 1.54) is 12.8 Å². The molecule has 1 N–H and O–H groups in total. The van der Waals surface area contributed by atoms with Crippen LogP contribution in [0.1, 0.15) is 51.0 Å². The summed E-state index contributed by atoms with van der Waals surface area (Å²) in [7, 11) is -3.47. The van der Waals surface area contributed by atoms with Gasteiger partial charge in [0.25, 0.3) is 0 Å². The van der Waals surface area contributed by atoms with Crippen molar-refractivity contribution >= 4 is 10.0 Å². The van der Waals surface area contributed by atoms with Gasteiger partial charge in [0, 0.05) is 6.04 Å². The molecule has 1 atom stereocenters. The van der Waals surface area contributed by atoms with Gasteiger partial charge in [-0.3, -0.25) is 0 Å². The number of hydrogen-bond donors (Lipinski definition) is 1. The molecular weight excluding hydrogens is 306 g/mol. The molecule has 0 aliphatic carbocycles. The van der Waals surface area contributed by atoms with Crippen molar-refractivity contribution in [2.24, 2.45) is 0 Å². The number of benzene rings is 1. The highest BCUT2D eigenvalue weighted by Crippen LogP contribution is 2.15. The monoisotopic (exact) mass is 335 g/mol. The first-order valence-electron chi connectivity index (χ1n) is 8.36. The van der Waals surface area contributed by atoms with Crippen LogP contribution >= 0.6 is 0 Å². The van der Waals surface area contributed by atoms with Gasteiger partial charge >= 0.3 is 0 Å². The first-order valence-corrected chi connectivity index (χ1v) is 9.84. The fraction of sp³-hybridized carbons (Fsp3) is 0.474. The Morgan fingerprint density at radius 2 is 1.87 bits per heavy atom. The number of allylic oxidation sites excluding steroid dienone is 2. The third-order valence-electron chi connectivity index (χ3n) is 3.75. The lowest BCUT2D eigenvalue weighted by Gasteiger charge is -2.17. The molecule has 0 heterocycles. The zero-order chi connectivity index (χ0) is 17.1. The van der Waals surface area contributed by atoms with E-state index in [1.807, 2.05) is 31.2 Å². The fourth-order valence-electron chi connectivity index (χ4n) is 2.39. The molecule has 0 radical (unpaired) electrons. The molecule has 128 valence electrons. The lowest BCUT2D eigenvalue weighted by molar-refractivity contribution is 0.502. The molecular formula is C19H29NO2S. The summed E-state index contributed by atoms with van der Waals surface area (Å²) in [6, 6.07) is 6.89. The van der Waals surface area contributed by atoms with Gasteiger partial charge in [-0.2, -0.15) is 0 Å². The highest BCUT2D eigenvalue weighted by atomic mass is 32.2. The number of unbranched alkanes of at least 4 members (excludes halogenated alkanes) is 3. The molecule has 0 aromatic heterocycles. The summed E-state index contributed by atoms with van der Waals surface area (Å²) in [5.74, 6) is 0. The van der Waals surface area contributed by atoms with Crippen LogP contribution in [0.5, 0.6) is 0 Å². The Balaban J connectivity index is 2.74. The van der Waals surface area contributed by atoms with E-state index in [9.17, 15) is 8.42 Å². The first kappa shape index (κ1) is 19.7. The molecule has 0 aliphatic heterocycles. The number of rotatable bonds is 11. The van der Waals surface area contributed by atoms with Gasteiger partial charge in [-0.05, 0) is 31.9 Å². The molecule has 1 unspecified atom stereocenters. The van der Waals surface area contributed by atoms with Gasteiger partial charge in [0.2, 0.25) is 10.0 Å². The second kappa shape index (κ2) is 10.4. The Labute approximate surface area is 141 Å². The first-order chi connectivity index (χ1) is 11.0. The Morgan fingerprint density at radius 1 is 1.17 bits per heavy atom. The smallest absolute Gasteiger partial charge is 0.208 e. The summed E-state index contributed by atoms with van der Waals surface area (Å²) in [5, 5.41) is 0. The van der Waals surface area contributed by atoms with E-state index in [0.717, 1.165) is 24.8 Å². The number of nitrogens with one attached hydrogen (secondary N) is 1. The van der Waals surface area contributed by atoms with Gasteiger partial charge in [0.1, 0.15) is 0 Å². The van der Waals surface area contributed by atoms with E-state index < -0.39 is 10.0 Å². The Hall–Kier alpha value is -1.39. The van der Waals surface area contributed by atoms with Crippen molar-refractivity contribution in [1.82, 2.24) is 4.72 Å². The van der Waals surface area contributed by atoms with Crippen molar-refractivity contribution in [2.75, 3.05) is 0 Å². The summed E-state index contributed by atoms with van der Waals surface area (Å²) in [5.41, 5.74) is 1.05. The fourth-order valence-corrected chi connectivity index (χ4v) is 3.67. The summed E-state index contributed by atoms with van der Waals surface area (Å²) in [6.45, 7) is 7.76. The second-order valence-corrected chi connectivity index (χ2v) is 7.59.